The van der Waals surface area contributed by atoms with Crippen LogP contribution in [0.25, 0.3) is 5.14 Å². The second-order valence-electron chi connectivity index (χ2n) is 0.556. The molecule has 0 fully saturated rings. The molecule has 0 aliphatic carbocycles. The molecule has 0 heterocycles. The minimum Gasteiger partial charge on any atom is -0.612 e. The van der Waals surface area contributed by atoms with E-state index in [-0.39, 0.29) is 29.6 Å². The first-order valence-corrected chi connectivity index (χ1v) is 2.04. The Morgan fingerprint density at radius 3 is 2.29 bits per heavy atom. The molecule has 0 aromatic carbocycles. The van der Waals surface area contributed by atoms with E-state index in [4.69, 9.17) is 5.14 Å². The van der Waals surface area contributed by atoms with E-state index in [0.717, 1.165) is 0 Å². The minimum atomic E-state index is -0.574. The number of ether oxygens (including phenoxy) is 1. The molecule has 0 aromatic rings. The molecule has 1 N–H and O–H groups in total. The summed E-state index contributed by atoms with van der Waals surface area (Å²) < 4.78 is 4.04. The van der Waals surface area contributed by atoms with E-state index >= 15 is 0 Å². The van der Waals surface area contributed by atoms with E-state index in [9.17, 15) is 4.79 Å². The normalized spacial score (nSPS) is 6.57. The molecule has 0 aliphatic rings. The van der Waals surface area contributed by atoms with Gasteiger partial charge in [-0.05, 0) is 0 Å². The Labute approximate surface area is 68.4 Å². The van der Waals surface area contributed by atoms with Crippen LogP contribution in [0, 0.1) is 0 Å². The Balaban J connectivity index is 0. The number of hydrogen-bond donors (Lipinski definition) is 0. The van der Waals surface area contributed by atoms with Gasteiger partial charge in [0.25, 0.3) is 0 Å². The maximum absolute atomic E-state index is 9.73. The molecule has 0 spiro atoms. The van der Waals surface area contributed by atoms with E-state index in [1.54, 1.807) is 0 Å². The van der Waals surface area contributed by atoms with E-state index in [0.29, 0.717) is 11.9 Å². The SMILES string of the molecule is COC(=O)S[NH-].[Na+]. The summed E-state index contributed by atoms with van der Waals surface area (Å²) in [5.41, 5.74) is 0. The molecular formula is C2H4NNaO2S. The first-order chi connectivity index (χ1) is 2.81. The van der Waals surface area contributed by atoms with E-state index in [1.165, 1.54) is 7.11 Å². The van der Waals surface area contributed by atoms with Crippen molar-refractivity contribution in [3.05, 3.63) is 5.14 Å². The summed E-state index contributed by atoms with van der Waals surface area (Å²) in [7, 11) is 1.24. The number of rotatable bonds is 0. The average molecular weight is 129 g/mol. The van der Waals surface area contributed by atoms with Gasteiger partial charge in [0.15, 0.2) is 0 Å². The predicted octanol–water partition coefficient (Wildman–Crippen LogP) is -1.54. The number of methoxy groups -OCH3 is 1. The fourth-order valence-corrected chi connectivity index (χ4v) is 0.125. The molecule has 0 unspecified atom stereocenters. The molecule has 3 nitrogen and oxygen atoms in total. The summed E-state index contributed by atoms with van der Waals surface area (Å²) in [5, 5.41) is 5.68. The van der Waals surface area contributed by atoms with Crippen LogP contribution in [0.4, 0.5) is 4.79 Å². The molecule has 0 atom stereocenters. The van der Waals surface area contributed by atoms with Gasteiger partial charge in [0, 0.05) is 0 Å². The molecule has 0 saturated heterocycles. The first kappa shape index (κ1) is 10.7. The van der Waals surface area contributed by atoms with Gasteiger partial charge in [-0.3, -0.25) is 0 Å². The van der Waals surface area contributed by atoms with Crippen LogP contribution in [0.1, 0.15) is 0 Å². The van der Waals surface area contributed by atoms with Crippen LogP contribution >= 0.6 is 11.9 Å². The molecule has 0 aliphatic heterocycles. The molecule has 36 valence electrons. The van der Waals surface area contributed by atoms with Crippen molar-refractivity contribution >= 4 is 17.2 Å². The van der Waals surface area contributed by atoms with Crippen molar-refractivity contribution in [2.45, 2.75) is 0 Å². The van der Waals surface area contributed by atoms with Crippen LogP contribution in [0.2, 0.25) is 0 Å². The Morgan fingerprint density at radius 2 is 2.29 bits per heavy atom. The number of nitrogens with one attached hydrogen (secondary N) is 1. The second kappa shape index (κ2) is 6.78. The molecule has 7 heavy (non-hydrogen) atoms. The summed E-state index contributed by atoms with van der Waals surface area (Å²) >= 11 is 0.314. The average Bonchev–Trinajstić information content (AvgIpc) is 1.65. The van der Waals surface area contributed by atoms with Crippen molar-refractivity contribution in [2.24, 2.45) is 0 Å². The number of hydrogen-bond acceptors (Lipinski definition) is 3. The second-order valence-corrected chi connectivity index (χ2v) is 1.09. The number of carbonyl (C=O) groups is 1. The third-order valence-electron chi connectivity index (χ3n) is 0.250. The molecule has 0 radical (unpaired) electrons. The minimum absolute atomic E-state index is 0. The summed E-state index contributed by atoms with van der Waals surface area (Å²) in [5.74, 6) is 0. The van der Waals surface area contributed by atoms with Gasteiger partial charge in [-0.25, -0.2) is 4.79 Å². The Morgan fingerprint density at radius 1 is 1.86 bits per heavy atom. The van der Waals surface area contributed by atoms with Gasteiger partial charge in [0.1, 0.15) is 0 Å². The quantitative estimate of drug-likeness (QED) is 0.226. The van der Waals surface area contributed by atoms with Crippen molar-refractivity contribution in [1.29, 1.82) is 0 Å². The molecular weight excluding hydrogens is 125 g/mol. The first-order valence-electron chi connectivity index (χ1n) is 1.22. The smallest absolute Gasteiger partial charge is 0.612 e. The fourth-order valence-electron chi connectivity index (χ4n) is 0.0417. The zero-order chi connectivity index (χ0) is 4.99. The van der Waals surface area contributed by atoms with E-state index in [1.807, 2.05) is 0 Å². The molecule has 0 bridgehead atoms. The molecule has 0 aromatic heterocycles. The van der Waals surface area contributed by atoms with Crippen LogP contribution in [0.15, 0.2) is 0 Å². The van der Waals surface area contributed by atoms with E-state index in [2.05, 4.69) is 4.74 Å². The molecule has 0 rings (SSSR count). The van der Waals surface area contributed by atoms with Crippen LogP contribution in [0.5, 0.6) is 0 Å². The molecule has 5 heteroatoms. The van der Waals surface area contributed by atoms with Gasteiger partial charge < -0.3 is 9.88 Å². The Bertz CT molecular complexity index is 53.7. The standard InChI is InChI=1S/C2H4NO2S.Na/c1-5-2(4)6-3;/h3H,1H3;/q-1;+1. The zero-order valence-electron chi connectivity index (χ0n) is 4.22. The van der Waals surface area contributed by atoms with Gasteiger partial charge in [0.05, 0.1) is 7.11 Å². The topological polar surface area (TPSA) is 50.1 Å². The Hall–Kier alpha value is 0.780. The van der Waals surface area contributed by atoms with Gasteiger partial charge >= 0.3 is 34.9 Å². The van der Waals surface area contributed by atoms with Crippen molar-refractivity contribution in [3.63, 3.8) is 0 Å². The van der Waals surface area contributed by atoms with Crippen LogP contribution < -0.4 is 29.6 Å². The van der Waals surface area contributed by atoms with Crippen molar-refractivity contribution in [2.75, 3.05) is 7.11 Å². The maximum Gasteiger partial charge on any atom is 1.00 e. The molecule has 0 amide bonds. The summed E-state index contributed by atoms with van der Waals surface area (Å²) in [4.78, 5) is 9.73. The monoisotopic (exact) mass is 129 g/mol. The number of carbonyl (C=O) groups excluding carboxylic acids is 1. The van der Waals surface area contributed by atoms with Crippen LogP contribution in [0.3, 0.4) is 0 Å². The van der Waals surface area contributed by atoms with Crippen molar-refractivity contribution in [3.8, 4) is 0 Å². The summed E-state index contributed by atoms with van der Waals surface area (Å²) in [6.45, 7) is 0. The summed E-state index contributed by atoms with van der Waals surface area (Å²) in [6.07, 6.45) is 0. The zero-order valence-corrected chi connectivity index (χ0v) is 7.04. The third-order valence-corrected chi connectivity index (χ3v) is 0.583. The van der Waals surface area contributed by atoms with Gasteiger partial charge in [-0.2, -0.15) is 11.9 Å². The van der Waals surface area contributed by atoms with E-state index < -0.39 is 5.30 Å². The maximum atomic E-state index is 9.73. The van der Waals surface area contributed by atoms with Crippen LogP contribution in [-0.2, 0) is 4.74 Å². The van der Waals surface area contributed by atoms with Crippen molar-refractivity contribution < 1.29 is 39.1 Å². The largest absolute Gasteiger partial charge is 1.00 e. The molecule has 0 saturated carbocycles. The van der Waals surface area contributed by atoms with Crippen LogP contribution in [-0.4, -0.2) is 12.4 Å². The third kappa shape index (κ3) is 6.78. The van der Waals surface area contributed by atoms with Gasteiger partial charge in [-0.1, -0.05) is 0 Å². The van der Waals surface area contributed by atoms with Gasteiger partial charge in [0.2, 0.25) is 0 Å². The van der Waals surface area contributed by atoms with Gasteiger partial charge in [-0.15, -0.1) is 0 Å². The fraction of sp³-hybridized carbons (Fsp3) is 0.500. The summed E-state index contributed by atoms with van der Waals surface area (Å²) in [6, 6.07) is 0. The predicted molar refractivity (Wildman–Crippen MR) is 24.3 cm³/mol. The Kier molecular flexibility index (Phi) is 10.4. The van der Waals surface area contributed by atoms with Crippen molar-refractivity contribution in [1.82, 2.24) is 0 Å².